The van der Waals surface area contributed by atoms with E-state index in [-0.39, 0.29) is 10.6 Å². The molecule has 0 saturated heterocycles. The first-order chi connectivity index (χ1) is 7.58. The molecule has 1 N–H and O–H groups in total. The minimum Gasteiger partial charge on any atom is -0.476 e. The fourth-order valence-electron chi connectivity index (χ4n) is 1.19. The van der Waals surface area contributed by atoms with Crippen molar-refractivity contribution in [1.29, 1.82) is 0 Å². The number of aromatic carboxylic acids is 1. The molecule has 0 aliphatic heterocycles. The van der Waals surface area contributed by atoms with Crippen LogP contribution < -0.4 is 0 Å². The molecule has 0 aliphatic carbocycles. The Morgan fingerprint density at radius 3 is 2.69 bits per heavy atom. The number of rotatable bonds is 2. The van der Waals surface area contributed by atoms with Crippen molar-refractivity contribution in [3.63, 3.8) is 0 Å². The molecule has 0 saturated carbocycles. The van der Waals surface area contributed by atoms with Crippen LogP contribution in [0.15, 0.2) is 24.4 Å². The summed E-state index contributed by atoms with van der Waals surface area (Å²) in [6.07, 6.45) is 1.25. The summed E-state index contributed by atoms with van der Waals surface area (Å²) in [5.41, 5.74) is 0.145. The van der Waals surface area contributed by atoms with Crippen LogP contribution in [0.1, 0.15) is 9.80 Å². The second kappa shape index (κ2) is 3.97. The van der Waals surface area contributed by atoms with Gasteiger partial charge in [-0.05, 0) is 12.1 Å². The van der Waals surface area contributed by atoms with Gasteiger partial charge < -0.3 is 5.11 Å². The van der Waals surface area contributed by atoms with E-state index in [9.17, 15) is 13.6 Å². The Morgan fingerprint density at radius 1 is 1.38 bits per heavy atom. The van der Waals surface area contributed by atoms with Crippen LogP contribution in [0.2, 0.25) is 0 Å². The summed E-state index contributed by atoms with van der Waals surface area (Å²) in [6.45, 7) is 0. The lowest BCUT2D eigenvalue weighted by Gasteiger charge is -1.98. The maximum absolute atomic E-state index is 13.3. The van der Waals surface area contributed by atoms with Crippen LogP contribution in [-0.2, 0) is 0 Å². The average molecular weight is 241 g/mol. The largest absolute Gasteiger partial charge is 0.476 e. The Bertz CT molecular complexity index is 554. The molecule has 6 heteroatoms. The van der Waals surface area contributed by atoms with Gasteiger partial charge >= 0.3 is 5.97 Å². The predicted molar refractivity (Wildman–Crippen MR) is 54.4 cm³/mol. The Hall–Kier alpha value is -1.82. The van der Waals surface area contributed by atoms with Crippen molar-refractivity contribution < 1.29 is 18.7 Å². The van der Waals surface area contributed by atoms with Crippen LogP contribution >= 0.6 is 11.3 Å². The quantitative estimate of drug-likeness (QED) is 0.879. The number of benzene rings is 1. The molecule has 1 aromatic carbocycles. The highest BCUT2D eigenvalue weighted by Crippen LogP contribution is 2.28. The Morgan fingerprint density at radius 2 is 2.12 bits per heavy atom. The third kappa shape index (κ3) is 1.92. The van der Waals surface area contributed by atoms with Gasteiger partial charge in [-0.3, -0.25) is 0 Å². The second-order valence-corrected chi connectivity index (χ2v) is 3.99. The molecule has 0 amide bonds. The molecule has 0 bridgehead atoms. The summed E-state index contributed by atoms with van der Waals surface area (Å²) in [6, 6.07) is 3.11. The summed E-state index contributed by atoms with van der Waals surface area (Å²) < 4.78 is 26.0. The zero-order valence-corrected chi connectivity index (χ0v) is 8.59. The Kier molecular flexibility index (Phi) is 2.66. The molecule has 82 valence electrons. The first-order valence-corrected chi connectivity index (χ1v) is 5.04. The highest BCUT2D eigenvalue weighted by Gasteiger charge is 2.13. The minimum atomic E-state index is -1.17. The van der Waals surface area contributed by atoms with Crippen LogP contribution in [0.25, 0.3) is 10.4 Å². The summed E-state index contributed by atoms with van der Waals surface area (Å²) in [4.78, 5) is 14.5. The van der Waals surface area contributed by atoms with E-state index in [0.717, 1.165) is 23.5 Å². The second-order valence-electron chi connectivity index (χ2n) is 2.96. The maximum atomic E-state index is 13.3. The van der Waals surface area contributed by atoms with Crippen LogP contribution in [0, 0.1) is 11.6 Å². The molecule has 2 aromatic rings. The Balaban J connectivity index is 2.46. The lowest BCUT2D eigenvalue weighted by atomic mass is 10.2. The number of thiazole rings is 1. The zero-order chi connectivity index (χ0) is 11.7. The first-order valence-electron chi connectivity index (χ1n) is 4.22. The smallest absolute Gasteiger partial charge is 0.365 e. The van der Waals surface area contributed by atoms with E-state index in [2.05, 4.69) is 4.98 Å². The van der Waals surface area contributed by atoms with Gasteiger partial charge in [-0.2, -0.15) is 0 Å². The topological polar surface area (TPSA) is 50.2 Å². The van der Waals surface area contributed by atoms with E-state index >= 15 is 0 Å². The molecule has 0 aliphatic rings. The molecule has 16 heavy (non-hydrogen) atoms. The molecule has 2 rings (SSSR count). The van der Waals surface area contributed by atoms with Crippen molar-refractivity contribution in [2.45, 2.75) is 0 Å². The van der Waals surface area contributed by atoms with E-state index in [1.54, 1.807) is 0 Å². The van der Waals surface area contributed by atoms with E-state index in [4.69, 9.17) is 5.11 Å². The predicted octanol–water partition coefficient (Wildman–Crippen LogP) is 2.79. The van der Waals surface area contributed by atoms with Gasteiger partial charge in [0.25, 0.3) is 0 Å². The van der Waals surface area contributed by atoms with Gasteiger partial charge in [0.15, 0.2) is 0 Å². The molecule has 0 spiro atoms. The van der Waals surface area contributed by atoms with Crippen LogP contribution in [0.3, 0.4) is 0 Å². The van der Waals surface area contributed by atoms with E-state index in [1.807, 2.05) is 0 Å². The first kappa shape index (κ1) is 10.7. The van der Waals surface area contributed by atoms with Crippen molar-refractivity contribution in [2.24, 2.45) is 0 Å². The summed E-state index contributed by atoms with van der Waals surface area (Å²) in [7, 11) is 0. The van der Waals surface area contributed by atoms with Gasteiger partial charge in [0.1, 0.15) is 11.6 Å². The molecule has 0 fully saturated rings. The van der Waals surface area contributed by atoms with Gasteiger partial charge in [-0.1, -0.05) is 0 Å². The van der Waals surface area contributed by atoms with Crippen molar-refractivity contribution >= 4 is 17.3 Å². The molecular weight excluding hydrogens is 236 g/mol. The van der Waals surface area contributed by atoms with Crippen LogP contribution in [0.4, 0.5) is 8.78 Å². The highest BCUT2D eigenvalue weighted by atomic mass is 32.1. The number of aromatic nitrogens is 1. The number of carboxylic acids is 1. The zero-order valence-electron chi connectivity index (χ0n) is 7.78. The molecule has 0 unspecified atom stereocenters. The van der Waals surface area contributed by atoms with Crippen LogP contribution in [0.5, 0.6) is 0 Å². The lowest BCUT2D eigenvalue weighted by Crippen LogP contribution is -1.92. The van der Waals surface area contributed by atoms with Gasteiger partial charge in [-0.25, -0.2) is 18.6 Å². The SMILES string of the molecule is O=C(O)c1ncc(-c2ccc(F)cc2F)s1. The van der Waals surface area contributed by atoms with E-state index in [0.29, 0.717) is 4.88 Å². The molecule has 0 atom stereocenters. The molecular formula is C10H5F2NO2S. The summed E-state index contributed by atoms with van der Waals surface area (Å²) >= 11 is 0.841. The standard InChI is InChI=1S/C10H5F2NO2S/c11-5-1-2-6(7(12)3-5)8-4-13-9(16-8)10(14)15/h1-4H,(H,14,15). The van der Waals surface area contributed by atoms with Crippen molar-refractivity contribution in [3.8, 4) is 10.4 Å². The molecule has 1 aromatic heterocycles. The van der Waals surface area contributed by atoms with Crippen LogP contribution in [-0.4, -0.2) is 16.1 Å². The van der Waals surface area contributed by atoms with Crippen molar-refractivity contribution in [1.82, 2.24) is 4.98 Å². The average Bonchev–Trinajstić information content (AvgIpc) is 2.66. The van der Waals surface area contributed by atoms with E-state index < -0.39 is 17.6 Å². The molecule has 3 nitrogen and oxygen atoms in total. The van der Waals surface area contributed by atoms with Gasteiger partial charge in [0.05, 0.1) is 4.88 Å². The fourth-order valence-corrected chi connectivity index (χ4v) is 1.97. The number of hydrogen-bond donors (Lipinski definition) is 1. The fraction of sp³-hybridized carbons (Fsp3) is 0. The number of carbonyl (C=O) groups is 1. The minimum absolute atomic E-state index is 0.126. The Labute approximate surface area is 93.0 Å². The van der Waals surface area contributed by atoms with Gasteiger partial charge in [0, 0.05) is 17.8 Å². The maximum Gasteiger partial charge on any atom is 0.365 e. The normalized spacial score (nSPS) is 10.4. The highest BCUT2D eigenvalue weighted by molar-refractivity contribution is 7.16. The number of halogens is 2. The lowest BCUT2D eigenvalue weighted by molar-refractivity contribution is 0.0696. The monoisotopic (exact) mass is 241 g/mol. The number of hydrogen-bond acceptors (Lipinski definition) is 3. The third-order valence-electron chi connectivity index (χ3n) is 1.89. The van der Waals surface area contributed by atoms with Gasteiger partial charge in [0.2, 0.25) is 5.01 Å². The summed E-state index contributed by atoms with van der Waals surface area (Å²) in [5.74, 6) is -2.58. The molecule has 1 heterocycles. The third-order valence-corrected chi connectivity index (χ3v) is 2.90. The van der Waals surface area contributed by atoms with Crippen molar-refractivity contribution in [3.05, 3.63) is 41.0 Å². The van der Waals surface area contributed by atoms with Gasteiger partial charge in [-0.15, -0.1) is 11.3 Å². The summed E-state index contributed by atoms with van der Waals surface area (Å²) in [5, 5.41) is 8.53. The van der Waals surface area contributed by atoms with Crippen molar-refractivity contribution in [2.75, 3.05) is 0 Å². The number of carboxylic acid groups (broad SMARTS) is 1. The number of nitrogens with zero attached hydrogens (tertiary/aromatic N) is 1. The molecule has 0 radical (unpaired) electrons. The van der Waals surface area contributed by atoms with E-state index in [1.165, 1.54) is 12.3 Å².